The number of rotatable bonds is 6. The van der Waals surface area contributed by atoms with Crippen molar-refractivity contribution in [3.63, 3.8) is 0 Å². The molecule has 2 amide bonds. The topological polar surface area (TPSA) is 97.1 Å². The zero-order chi connectivity index (χ0) is 20.1. The Morgan fingerprint density at radius 3 is 2.68 bits per heavy atom. The van der Waals surface area contributed by atoms with Gasteiger partial charge in [-0.1, -0.05) is 6.07 Å². The van der Waals surface area contributed by atoms with Crippen molar-refractivity contribution >= 4 is 17.5 Å². The first-order valence-corrected chi connectivity index (χ1v) is 8.34. The fourth-order valence-corrected chi connectivity index (χ4v) is 2.46. The highest BCUT2D eigenvalue weighted by molar-refractivity contribution is 5.95. The molecule has 2 aromatic carbocycles. The third-order valence-electron chi connectivity index (χ3n) is 3.93. The number of hydrogen-bond acceptors (Lipinski definition) is 5. The third kappa shape index (κ3) is 4.56. The largest absolute Gasteiger partial charge is 0.423 e. The first-order valence-electron chi connectivity index (χ1n) is 8.34. The van der Waals surface area contributed by atoms with Gasteiger partial charge in [0.05, 0.1) is 5.56 Å². The van der Waals surface area contributed by atoms with E-state index in [1.165, 1.54) is 6.39 Å². The van der Waals surface area contributed by atoms with Crippen LogP contribution >= 0.6 is 0 Å². The number of amides is 2. The van der Waals surface area contributed by atoms with E-state index in [0.717, 1.165) is 17.7 Å². The Morgan fingerprint density at radius 2 is 1.96 bits per heavy atom. The molecule has 7 nitrogen and oxygen atoms in total. The molecule has 0 aliphatic carbocycles. The molecular weight excluding hydrogens is 370 g/mol. The Balaban J connectivity index is 1.56. The van der Waals surface area contributed by atoms with Crippen LogP contribution in [0.4, 0.5) is 14.5 Å². The second-order valence-electron chi connectivity index (χ2n) is 5.95. The van der Waals surface area contributed by atoms with Gasteiger partial charge in [0.1, 0.15) is 11.6 Å². The van der Waals surface area contributed by atoms with E-state index in [4.69, 9.17) is 4.42 Å². The number of carbonyl (C=O) groups is 2. The number of halogens is 2. The maximum Gasteiger partial charge on any atom is 0.254 e. The number of nitrogens with zero attached hydrogens (tertiary/aromatic N) is 2. The van der Waals surface area contributed by atoms with Gasteiger partial charge in [0.2, 0.25) is 18.2 Å². The monoisotopic (exact) mass is 386 g/mol. The maximum absolute atomic E-state index is 13.6. The Morgan fingerprint density at radius 1 is 1.14 bits per heavy atom. The lowest BCUT2D eigenvalue weighted by Crippen LogP contribution is -2.28. The molecule has 0 radical (unpaired) electrons. The molecule has 144 valence electrons. The first-order chi connectivity index (χ1) is 13.4. The summed E-state index contributed by atoms with van der Waals surface area (Å²) in [5.74, 6) is -2.48. The van der Waals surface area contributed by atoms with E-state index in [9.17, 15) is 18.4 Å². The number of anilines is 1. The minimum absolute atomic E-state index is 0.0100. The predicted octanol–water partition coefficient (Wildman–Crippen LogP) is 3.08. The van der Waals surface area contributed by atoms with Crippen LogP contribution in [0.25, 0.3) is 11.5 Å². The van der Waals surface area contributed by atoms with Gasteiger partial charge in [-0.2, -0.15) is 0 Å². The second-order valence-corrected chi connectivity index (χ2v) is 5.95. The molecule has 0 unspecified atom stereocenters. The van der Waals surface area contributed by atoms with Crippen molar-refractivity contribution in [1.29, 1.82) is 0 Å². The van der Waals surface area contributed by atoms with Gasteiger partial charge >= 0.3 is 0 Å². The van der Waals surface area contributed by atoms with Gasteiger partial charge in [-0.3, -0.25) is 9.59 Å². The second kappa shape index (κ2) is 8.38. The normalized spacial score (nSPS) is 10.5. The van der Waals surface area contributed by atoms with Gasteiger partial charge in [0, 0.05) is 30.3 Å². The van der Waals surface area contributed by atoms with Crippen LogP contribution in [0, 0.1) is 18.6 Å². The van der Waals surface area contributed by atoms with Crippen molar-refractivity contribution in [2.24, 2.45) is 0 Å². The Kier molecular flexibility index (Phi) is 5.73. The summed E-state index contributed by atoms with van der Waals surface area (Å²) < 4.78 is 31.6. The minimum Gasteiger partial charge on any atom is -0.423 e. The molecule has 9 heteroatoms. The van der Waals surface area contributed by atoms with Crippen LogP contribution in [0.5, 0.6) is 0 Å². The first kappa shape index (κ1) is 19.2. The molecule has 2 N–H and O–H groups in total. The van der Waals surface area contributed by atoms with Gasteiger partial charge in [-0.05, 0) is 36.8 Å². The van der Waals surface area contributed by atoms with E-state index in [2.05, 4.69) is 20.8 Å². The average molecular weight is 386 g/mol. The van der Waals surface area contributed by atoms with Gasteiger partial charge in [0.15, 0.2) is 0 Å². The van der Waals surface area contributed by atoms with Crippen LogP contribution in [0.1, 0.15) is 22.3 Å². The van der Waals surface area contributed by atoms with Crippen LogP contribution in [0.15, 0.2) is 47.2 Å². The van der Waals surface area contributed by atoms with E-state index in [1.807, 2.05) is 6.92 Å². The fourth-order valence-electron chi connectivity index (χ4n) is 2.46. The van der Waals surface area contributed by atoms with Crippen molar-refractivity contribution in [1.82, 2.24) is 15.5 Å². The standard InChI is InChI=1S/C19H16F2N4O3/c1-11-2-3-12(19-25-23-10-28-19)8-16(11)24-17(26)6-7-22-18(27)14-5-4-13(20)9-15(14)21/h2-5,8-10H,6-7H2,1H3,(H,22,27)(H,24,26). The lowest BCUT2D eigenvalue weighted by atomic mass is 10.1. The van der Waals surface area contributed by atoms with Crippen LogP contribution in [0.2, 0.25) is 0 Å². The summed E-state index contributed by atoms with van der Waals surface area (Å²) in [5, 5.41) is 12.6. The molecule has 1 aromatic heterocycles. The highest BCUT2D eigenvalue weighted by atomic mass is 19.1. The number of aryl methyl sites for hydroxylation is 1. The molecule has 0 spiro atoms. The number of hydrogen-bond donors (Lipinski definition) is 2. The van der Waals surface area contributed by atoms with Gasteiger partial charge in [-0.15, -0.1) is 10.2 Å². The molecular formula is C19H16F2N4O3. The van der Waals surface area contributed by atoms with Crippen LogP contribution in [0.3, 0.4) is 0 Å². The summed E-state index contributed by atoms with van der Waals surface area (Å²) in [4.78, 5) is 24.1. The molecule has 3 aromatic rings. The average Bonchev–Trinajstić information content (AvgIpc) is 3.18. The van der Waals surface area contributed by atoms with Crippen LogP contribution in [-0.2, 0) is 4.79 Å². The maximum atomic E-state index is 13.6. The summed E-state index contributed by atoms with van der Waals surface area (Å²) >= 11 is 0. The Labute approximate surface area is 158 Å². The molecule has 0 aliphatic rings. The van der Waals surface area contributed by atoms with Crippen molar-refractivity contribution < 1.29 is 22.8 Å². The zero-order valence-corrected chi connectivity index (χ0v) is 14.8. The Hall–Kier alpha value is -3.62. The van der Waals surface area contributed by atoms with E-state index in [1.54, 1.807) is 18.2 Å². The molecule has 0 bridgehead atoms. The van der Waals surface area contributed by atoms with E-state index in [-0.39, 0.29) is 24.4 Å². The molecule has 0 saturated carbocycles. The highest BCUT2D eigenvalue weighted by Crippen LogP contribution is 2.23. The highest BCUT2D eigenvalue weighted by Gasteiger charge is 2.13. The van der Waals surface area contributed by atoms with Gasteiger partial charge in [-0.25, -0.2) is 8.78 Å². The van der Waals surface area contributed by atoms with E-state index in [0.29, 0.717) is 23.2 Å². The lowest BCUT2D eigenvalue weighted by molar-refractivity contribution is -0.116. The number of aromatic nitrogens is 2. The molecule has 0 saturated heterocycles. The molecule has 28 heavy (non-hydrogen) atoms. The van der Waals surface area contributed by atoms with Gasteiger partial charge < -0.3 is 15.1 Å². The van der Waals surface area contributed by atoms with Crippen molar-refractivity contribution in [3.8, 4) is 11.5 Å². The van der Waals surface area contributed by atoms with Crippen LogP contribution < -0.4 is 10.6 Å². The number of carbonyl (C=O) groups excluding carboxylic acids is 2. The molecule has 0 atom stereocenters. The van der Waals surface area contributed by atoms with Crippen molar-refractivity contribution in [2.75, 3.05) is 11.9 Å². The molecule has 0 fully saturated rings. The third-order valence-corrected chi connectivity index (χ3v) is 3.93. The molecule has 1 heterocycles. The molecule has 3 rings (SSSR count). The summed E-state index contributed by atoms with van der Waals surface area (Å²) in [7, 11) is 0. The lowest BCUT2D eigenvalue weighted by Gasteiger charge is -2.10. The minimum atomic E-state index is -0.963. The summed E-state index contributed by atoms with van der Waals surface area (Å²) in [5.41, 5.74) is 1.76. The number of benzene rings is 2. The Bertz CT molecular complexity index is 1010. The summed E-state index contributed by atoms with van der Waals surface area (Å²) in [6, 6.07) is 7.95. The van der Waals surface area contributed by atoms with Crippen molar-refractivity contribution in [2.45, 2.75) is 13.3 Å². The SMILES string of the molecule is Cc1ccc(-c2nnco2)cc1NC(=O)CCNC(=O)c1ccc(F)cc1F. The number of nitrogens with one attached hydrogen (secondary N) is 2. The van der Waals surface area contributed by atoms with E-state index < -0.39 is 17.5 Å². The quantitative estimate of drug-likeness (QED) is 0.679. The van der Waals surface area contributed by atoms with Gasteiger partial charge in [0.25, 0.3) is 5.91 Å². The van der Waals surface area contributed by atoms with Crippen LogP contribution in [-0.4, -0.2) is 28.6 Å². The summed E-state index contributed by atoms with van der Waals surface area (Å²) in [6.07, 6.45) is 1.18. The smallest absolute Gasteiger partial charge is 0.254 e. The van der Waals surface area contributed by atoms with Crippen molar-refractivity contribution in [3.05, 3.63) is 65.6 Å². The van der Waals surface area contributed by atoms with E-state index >= 15 is 0 Å². The zero-order valence-electron chi connectivity index (χ0n) is 14.8. The predicted molar refractivity (Wildman–Crippen MR) is 96.4 cm³/mol. The molecule has 0 aliphatic heterocycles. The fraction of sp³-hybridized carbons (Fsp3) is 0.158. The summed E-state index contributed by atoms with van der Waals surface area (Å²) in [6.45, 7) is 1.82.